The molecule has 4 nitrogen and oxygen atoms in total. The van der Waals surface area contributed by atoms with Crippen LogP contribution in [0.25, 0.3) is 0 Å². The van der Waals surface area contributed by atoms with Crippen LogP contribution < -0.4 is 5.32 Å². The number of hydrogen-bond donors (Lipinski definition) is 3. The van der Waals surface area contributed by atoms with Crippen LogP contribution in [-0.2, 0) is 6.61 Å². The third-order valence-electron chi connectivity index (χ3n) is 3.32. The summed E-state index contributed by atoms with van der Waals surface area (Å²) >= 11 is 0. The molecule has 17 heavy (non-hydrogen) atoms. The summed E-state index contributed by atoms with van der Waals surface area (Å²) in [5.74, 6) is -0.130. The summed E-state index contributed by atoms with van der Waals surface area (Å²) in [6, 6.07) is 6.85. The highest BCUT2D eigenvalue weighted by Crippen LogP contribution is 2.44. The molecule has 3 N–H and O–H groups in total. The highest BCUT2D eigenvalue weighted by molar-refractivity contribution is 5.94. The van der Waals surface area contributed by atoms with E-state index in [1.54, 1.807) is 24.3 Å². The van der Waals surface area contributed by atoms with Crippen LogP contribution in [0.1, 0.15) is 28.8 Å². The second-order valence-electron chi connectivity index (χ2n) is 4.70. The maximum atomic E-state index is 11.8. The SMILES string of the molecule is O=C(NCC1(CO)CC1)c1ccc(CO)cc1. The Morgan fingerprint density at radius 1 is 1.24 bits per heavy atom. The molecule has 0 atom stereocenters. The second kappa shape index (κ2) is 4.85. The highest BCUT2D eigenvalue weighted by Gasteiger charge is 2.42. The Balaban J connectivity index is 1.90. The molecule has 0 bridgehead atoms. The molecule has 92 valence electrons. The summed E-state index contributed by atoms with van der Waals surface area (Å²) in [5, 5.41) is 20.8. The van der Waals surface area contributed by atoms with Crippen LogP contribution in [-0.4, -0.2) is 29.3 Å². The molecule has 1 amide bonds. The Labute approximate surface area is 100 Å². The lowest BCUT2D eigenvalue weighted by atomic mass is 10.1. The minimum atomic E-state index is -0.130. The largest absolute Gasteiger partial charge is 0.396 e. The van der Waals surface area contributed by atoms with E-state index in [0.29, 0.717) is 12.1 Å². The number of carbonyl (C=O) groups excluding carboxylic acids is 1. The molecule has 0 unspecified atom stereocenters. The minimum Gasteiger partial charge on any atom is -0.396 e. The van der Waals surface area contributed by atoms with Crippen LogP contribution in [0.2, 0.25) is 0 Å². The normalized spacial score (nSPS) is 16.6. The van der Waals surface area contributed by atoms with Gasteiger partial charge in [0.15, 0.2) is 0 Å². The number of aliphatic hydroxyl groups excluding tert-OH is 2. The molecular weight excluding hydrogens is 218 g/mol. The smallest absolute Gasteiger partial charge is 0.251 e. The molecule has 0 aliphatic heterocycles. The standard InChI is InChI=1S/C13H17NO3/c15-7-10-1-3-11(4-2-10)12(17)14-8-13(9-16)5-6-13/h1-4,15-16H,5-9H2,(H,14,17). The molecule has 0 saturated heterocycles. The molecule has 0 radical (unpaired) electrons. The van der Waals surface area contributed by atoms with Crippen molar-refractivity contribution >= 4 is 5.91 Å². The molecular formula is C13H17NO3. The van der Waals surface area contributed by atoms with Gasteiger partial charge in [-0.05, 0) is 30.5 Å². The van der Waals surface area contributed by atoms with Gasteiger partial charge in [0, 0.05) is 17.5 Å². The van der Waals surface area contributed by atoms with E-state index in [4.69, 9.17) is 10.2 Å². The zero-order valence-electron chi connectivity index (χ0n) is 9.65. The predicted octanol–water partition coefficient (Wildman–Crippen LogP) is 0.681. The van der Waals surface area contributed by atoms with Gasteiger partial charge in [-0.1, -0.05) is 12.1 Å². The van der Waals surface area contributed by atoms with Crippen molar-refractivity contribution in [3.8, 4) is 0 Å². The number of rotatable bonds is 5. The van der Waals surface area contributed by atoms with Gasteiger partial charge in [-0.25, -0.2) is 0 Å². The van der Waals surface area contributed by atoms with Crippen molar-refractivity contribution in [2.75, 3.05) is 13.2 Å². The van der Waals surface area contributed by atoms with E-state index in [0.717, 1.165) is 18.4 Å². The number of aliphatic hydroxyl groups is 2. The fraction of sp³-hybridized carbons (Fsp3) is 0.462. The topological polar surface area (TPSA) is 69.6 Å². The van der Waals surface area contributed by atoms with Gasteiger partial charge in [0.1, 0.15) is 0 Å². The van der Waals surface area contributed by atoms with Crippen molar-refractivity contribution in [1.29, 1.82) is 0 Å². The molecule has 4 heteroatoms. The molecule has 1 aromatic rings. The van der Waals surface area contributed by atoms with Crippen LogP contribution in [0.15, 0.2) is 24.3 Å². The fourth-order valence-electron chi connectivity index (χ4n) is 1.70. The summed E-state index contributed by atoms with van der Waals surface area (Å²) in [7, 11) is 0. The van der Waals surface area contributed by atoms with E-state index in [-0.39, 0.29) is 24.5 Å². The average molecular weight is 235 g/mol. The maximum Gasteiger partial charge on any atom is 0.251 e. The van der Waals surface area contributed by atoms with Gasteiger partial charge >= 0.3 is 0 Å². The number of benzene rings is 1. The zero-order valence-corrected chi connectivity index (χ0v) is 9.65. The maximum absolute atomic E-state index is 11.8. The molecule has 1 fully saturated rings. The molecule has 0 heterocycles. The first-order valence-corrected chi connectivity index (χ1v) is 5.78. The molecule has 1 aliphatic rings. The van der Waals surface area contributed by atoms with E-state index in [9.17, 15) is 4.79 Å². The third-order valence-corrected chi connectivity index (χ3v) is 3.32. The third kappa shape index (κ3) is 2.84. The van der Waals surface area contributed by atoms with Gasteiger partial charge in [-0.2, -0.15) is 0 Å². The lowest BCUT2D eigenvalue weighted by Crippen LogP contribution is -2.31. The van der Waals surface area contributed by atoms with Gasteiger partial charge < -0.3 is 15.5 Å². The van der Waals surface area contributed by atoms with Crippen molar-refractivity contribution in [2.45, 2.75) is 19.4 Å². The number of nitrogens with one attached hydrogen (secondary N) is 1. The van der Waals surface area contributed by atoms with Gasteiger partial charge in [-0.3, -0.25) is 4.79 Å². The first kappa shape index (κ1) is 12.1. The first-order chi connectivity index (χ1) is 8.19. The molecule has 1 aromatic carbocycles. The van der Waals surface area contributed by atoms with Crippen molar-refractivity contribution in [1.82, 2.24) is 5.32 Å². The molecule has 0 spiro atoms. The number of amides is 1. The van der Waals surface area contributed by atoms with Gasteiger partial charge in [0.2, 0.25) is 0 Å². The Morgan fingerprint density at radius 2 is 1.88 bits per heavy atom. The quantitative estimate of drug-likeness (QED) is 0.703. The monoisotopic (exact) mass is 235 g/mol. The van der Waals surface area contributed by atoms with E-state index in [1.807, 2.05) is 0 Å². The molecule has 1 saturated carbocycles. The summed E-state index contributed by atoms with van der Waals surface area (Å²) < 4.78 is 0. The van der Waals surface area contributed by atoms with E-state index in [2.05, 4.69) is 5.32 Å². The Hall–Kier alpha value is -1.39. The lowest BCUT2D eigenvalue weighted by molar-refractivity contribution is 0.0935. The van der Waals surface area contributed by atoms with Crippen LogP contribution in [0.5, 0.6) is 0 Å². The Bertz CT molecular complexity index is 396. The summed E-state index contributed by atoms with van der Waals surface area (Å²) in [6.07, 6.45) is 1.96. The Kier molecular flexibility index (Phi) is 3.45. The van der Waals surface area contributed by atoms with Gasteiger partial charge in [0.05, 0.1) is 13.2 Å². The zero-order chi connectivity index (χ0) is 12.3. The fourth-order valence-corrected chi connectivity index (χ4v) is 1.70. The van der Waals surface area contributed by atoms with Crippen molar-refractivity contribution in [3.05, 3.63) is 35.4 Å². The van der Waals surface area contributed by atoms with Gasteiger partial charge in [0.25, 0.3) is 5.91 Å². The van der Waals surface area contributed by atoms with Gasteiger partial charge in [-0.15, -0.1) is 0 Å². The predicted molar refractivity (Wildman–Crippen MR) is 63.5 cm³/mol. The number of hydrogen-bond acceptors (Lipinski definition) is 3. The highest BCUT2D eigenvalue weighted by atomic mass is 16.3. The summed E-state index contributed by atoms with van der Waals surface area (Å²) in [6.45, 7) is 0.649. The van der Waals surface area contributed by atoms with Crippen molar-refractivity contribution in [3.63, 3.8) is 0 Å². The van der Waals surface area contributed by atoms with E-state index < -0.39 is 0 Å². The van der Waals surface area contributed by atoms with Crippen molar-refractivity contribution < 1.29 is 15.0 Å². The second-order valence-corrected chi connectivity index (χ2v) is 4.70. The first-order valence-electron chi connectivity index (χ1n) is 5.78. The Morgan fingerprint density at radius 3 is 2.35 bits per heavy atom. The lowest BCUT2D eigenvalue weighted by Gasteiger charge is -2.12. The van der Waals surface area contributed by atoms with Crippen LogP contribution in [0.4, 0.5) is 0 Å². The average Bonchev–Trinajstić information content (AvgIpc) is 3.17. The van der Waals surface area contributed by atoms with E-state index >= 15 is 0 Å². The molecule has 0 aromatic heterocycles. The van der Waals surface area contributed by atoms with Crippen LogP contribution in [0, 0.1) is 5.41 Å². The molecule has 1 aliphatic carbocycles. The molecule has 2 rings (SSSR count). The van der Waals surface area contributed by atoms with Crippen molar-refractivity contribution in [2.24, 2.45) is 5.41 Å². The van der Waals surface area contributed by atoms with E-state index in [1.165, 1.54) is 0 Å². The minimum absolute atomic E-state index is 0.0183. The summed E-state index contributed by atoms with van der Waals surface area (Å²) in [5.41, 5.74) is 1.30. The van der Waals surface area contributed by atoms with Crippen LogP contribution in [0.3, 0.4) is 0 Å². The number of carbonyl (C=O) groups is 1. The summed E-state index contributed by atoms with van der Waals surface area (Å²) in [4.78, 5) is 11.8. The van der Waals surface area contributed by atoms with Crippen LogP contribution >= 0.6 is 0 Å².